The number of rotatable bonds is 4. The first-order chi connectivity index (χ1) is 15.2. The molecule has 0 fully saturated rings. The summed E-state index contributed by atoms with van der Waals surface area (Å²) in [4.78, 5) is 23.6. The molecule has 0 atom stereocenters. The number of alkyl halides is 3. The van der Waals surface area contributed by atoms with Crippen LogP contribution in [0.4, 0.5) is 30.5 Å². The number of amides is 1. The van der Waals surface area contributed by atoms with Gasteiger partial charge in [0.25, 0.3) is 5.91 Å². The summed E-state index contributed by atoms with van der Waals surface area (Å²) < 4.78 is 38.9. The maximum atomic E-state index is 13.0. The molecular formula is C23H22F3N5O. The normalized spacial score (nSPS) is 13.5. The van der Waals surface area contributed by atoms with Gasteiger partial charge in [0.05, 0.1) is 11.3 Å². The zero-order valence-electron chi connectivity index (χ0n) is 17.6. The first kappa shape index (κ1) is 21.6. The van der Waals surface area contributed by atoms with Gasteiger partial charge in [0, 0.05) is 55.3 Å². The Morgan fingerprint density at radius 2 is 1.97 bits per heavy atom. The topological polar surface area (TPSA) is 70.2 Å². The molecule has 0 bridgehead atoms. The van der Waals surface area contributed by atoms with Gasteiger partial charge >= 0.3 is 6.18 Å². The molecule has 2 heterocycles. The molecule has 0 aliphatic carbocycles. The Kier molecular flexibility index (Phi) is 5.73. The van der Waals surface area contributed by atoms with Gasteiger partial charge in [-0.3, -0.25) is 4.79 Å². The third kappa shape index (κ3) is 4.51. The van der Waals surface area contributed by atoms with Crippen molar-refractivity contribution < 1.29 is 18.0 Å². The number of halogens is 3. The highest BCUT2D eigenvalue weighted by molar-refractivity contribution is 6.04. The van der Waals surface area contributed by atoms with Crippen LogP contribution in [0.2, 0.25) is 0 Å². The summed E-state index contributed by atoms with van der Waals surface area (Å²) in [6, 6.07) is 9.85. The number of nitrogens with zero attached hydrogens (tertiary/aromatic N) is 3. The monoisotopic (exact) mass is 441 g/mol. The van der Waals surface area contributed by atoms with Crippen molar-refractivity contribution in [1.29, 1.82) is 0 Å². The first-order valence-corrected chi connectivity index (χ1v) is 10.1. The Morgan fingerprint density at radius 1 is 1.16 bits per heavy atom. The van der Waals surface area contributed by atoms with Gasteiger partial charge in [0.15, 0.2) is 0 Å². The third-order valence-electron chi connectivity index (χ3n) is 5.42. The van der Waals surface area contributed by atoms with Gasteiger partial charge < -0.3 is 15.5 Å². The van der Waals surface area contributed by atoms with Gasteiger partial charge in [-0.2, -0.15) is 13.2 Å². The van der Waals surface area contributed by atoms with Crippen LogP contribution < -0.4 is 15.5 Å². The number of aromatic nitrogens is 2. The highest BCUT2D eigenvalue weighted by Crippen LogP contribution is 2.31. The molecule has 1 aliphatic heterocycles. The van der Waals surface area contributed by atoms with Gasteiger partial charge in [-0.15, -0.1) is 0 Å². The number of carbonyl (C=O) groups is 1. The number of anilines is 3. The minimum Gasteiger partial charge on any atom is -0.366 e. The fraction of sp³-hybridized carbons (Fsp3) is 0.261. The van der Waals surface area contributed by atoms with E-state index in [1.165, 1.54) is 12.1 Å². The second-order valence-corrected chi connectivity index (χ2v) is 7.62. The van der Waals surface area contributed by atoms with E-state index in [2.05, 4.69) is 25.5 Å². The molecule has 3 aromatic rings. The molecule has 32 heavy (non-hydrogen) atoms. The number of nitrogens with one attached hydrogen (secondary N) is 2. The van der Waals surface area contributed by atoms with Crippen molar-refractivity contribution in [2.75, 3.05) is 29.1 Å². The van der Waals surface area contributed by atoms with Crippen LogP contribution in [0.3, 0.4) is 0 Å². The molecule has 2 N–H and O–H groups in total. The van der Waals surface area contributed by atoms with Gasteiger partial charge in [0.2, 0.25) is 5.95 Å². The van der Waals surface area contributed by atoms with Crippen LogP contribution in [0.1, 0.15) is 32.7 Å². The van der Waals surface area contributed by atoms with Crippen LogP contribution in [0, 0.1) is 6.92 Å². The lowest BCUT2D eigenvalue weighted by Gasteiger charge is -2.31. The smallest absolute Gasteiger partial charge is 0.366 e. The van der Waals surface area contributed by atoms with E-state index in [0.29, 0.717) is 18.2 Å². The maximum Gasteiger partial charge on any atom is 0.416 e. The zero-order valence-corrected chi connectivity index (χ0v) is 17.6. The number of aryl methyl sites for hydroxylation is 1. The molecule has 9 heteroatoms. The van der Waals surface area contributed by atoms with Crippen LogP contribution in [0.15, 0.2) is 48.7 Å². The summed E-state index contributed by atoms with van der Waals surface area (Å²) in [6.07, 6.45) is -1.93. The second-order valence-electron chi connectivity index (χ2n) is 7.62. The predicted octanol–water partition coefficient (Wildman–Crippen LogP) is 4.66. The quantitative estimate of drug-likeness (QED) is 0.616. The van der Waals surface area contributed by atoms with E-state index < -0.39 is 17.6 Å². The van der Waals surface area contributed by atoms with Crippen LogP contribution in [0.5, 0.6) is 0 Å². The minimum absolute atomic E-state index is 0.0497. The molecule has 1 aliphatic rings. The fourth-order valence-electron chi connectivity index (χ4n) is 3.71. The molecule has 1 amide bonds. The lowest BCUT2D eigenvalue weighted by molar-refractivity contribution is -0.137. The van der Waals surface area contributed by atoms with Crippen molar-refractivity contribution in [3.63, 3.8) is 0 Å². The molecule has 4 rings (SSSR count). The summed E-state index contributed by atoms with van der Waals surface area (Å²) in [5.41, 5.74) is 3.62. The van der Waals surface area contributed by atoms with Crippen LogP contribution in [-0.4, -0.2) is 29.5 Å². The van der Waals surface area contributed by atoms with E-state index in [4.69, 9.17) is 0 Å². The van der Waals surface area contributed by atoms with Crippen LogP contribution in [-0.2, 0) is 19.1 Å². The van der Waals surface area contributed by atoms with Crippen molar-refractivity contribution in [2.45, 2.75) is 26.1 Å². The maximum absolute atomic E-state index is 13.0. The Bertz CT molecular complexity index is 1160. The Balaban J connectivity index is 1.54. The van der Waals surface area contributed by atoms with Crippen molar-refractivity contribution in [2.24, 2.45) is 0 Å². The van der Waals surface area contributed by atoms with E-state index in [1.54, 1.807) is 13.1 Å². The van der Waals surface area contributed by atoms with E-state index in [9.17, 15) is 18.0 Å². The highest BCUT2D eigenvalue weighted by atomic mass is 19.4. The largest absolute Gasteiger partial charge is 0.416 e. The summed E-state index contributed by atoms with van der Waals surface area (Å²) in [6.45, 7) is 3.36. The Hall–Kier alpha value is -3.62. The average Bonchev–Trinajstić information content (AvgIpc) is 2.79. The fourth-order valence-corrected chi connectivity index (χ4v) is 3.71. The molecule has 1 aromatic heterocycles. The molecule has 0 spiro atoms. The van der Waals surface area contributed by atoms with Gasteiger partial charge in [-0.25, -0.2) is 9.97 Å². The average molecular weight is 441 g/mol. The number of hydrogen-bond acceptors (Lipinski definition) is 5. The Labute approximate surface area is 183 Å². The molecule has 166 valence electrons. The summed E-state index contributed by atoms with van der Waals surface area (Å²) in [5, 5.41) is 5.65. The molecule has 0 radical (unpaired) electrons. The predicted molar refractivity (Wildman–Crippen MR) is 117 cm³/mol. The SMILES string of the molecule is CNc1ncc2c(n1)CCN(c1cc(NC(=O)c3cccc(C(F)(F)F)c3)ccc1C)C2. The lowest BCUT2D eigenvalue weighted by atomic mass is 10.0. The first-order valence-electron chi connectivity index (χ1n) is 10.1. The number of hydrogen-bond donors (Lipinski definition) is 2. The molecule has 2 aromatic carbocycles. The van der Waals surface area contributed by atoms with E-state index >= 15 is 0 Å². The third-order valence-corrected chi connectivity index (χ3v) is 5.42. The van der Waals surface area contributed by atoms with Crippen molar-refractivity contribution >= 4 is 23.2 Å². The number of benzene rings is 2. The summed E-state index contributed by atoms with van der Waals surface area (Å²) in [5.74, 6) is -0.00410. The number of carbonyl (C=O) groups excluding carboxylic acids is 1. The van der Waals surface area contributed by atoms with Crippen molar-refractivity contribution in [1.82, 2.24) is 9.97 Å². The van der Waals surface area contributed by atoms with E-state index in [-0.39, 0.29) is 5.56 Å². The Morgan fingerprint density at radius 3 is 2.72 bits per heavy atom. The zero-order chi connectivity index (χ0) is 22.9. The van der Waals surface area contributed by atoms with Crippen LogP contribution in [0.25, 0.3) is 0 Å². The minimum atomic E-state index is -4.50. The van der Waals surface area contributed by atoms with Crippen molar-refractivity contribution in [3.05, 3.63) is 76.6 Å². The summed E-state index contributed by atoms with van der Waals surface area (Å²) in [7, 11) is 1.78. The lowest BCUT2D eigenvalue weighted by Crippen LogP contribution is -2.32. The molecule has 0 saturated carbocycles. The van der Waals surface area contributed by atoms with E-state index in [0.717, 1.165) is 47.6 Å². The molecule has 6 nitrogen and oxygen atoms in total. The summed E-state index contributed by atoms with van der Waals surface area (Å²) >= 11 is 0. The second kappa shape index (κ2) is 8.49. The van der Waals surface area contributed by atoms with Crippen molar-refractivity contribution in [3.8, 4) is 0 Å². The standard InChI is InChI=1S/C23H22F3N5O/c1-14-6-7-18(29-21(32)15-4-3-5-17(10-15)23(24,25)26)11-20(14)31-9-8-19-16(13-31)12-28-22(27-2)30-19/h3-7,10-12H,8-9,13H2,1-2H3,(H,29,32)(H,27,28,30). The molecule has 0 unspecified atom stereocenters. The number of fused-ring (bicyclic) bond motifs is 1. The van der Waals surface area contributed by atoms with Crippen LogP contribution >= 0.6 is 0 Å². The molecular weight excluding hydrogens is 419 g/mol. The molecule has 0 saturated heterocycles. The van der Waals surface area contributed by atoms with E-state index in [1.807, 2.05) is 25.3 Å². The van der Waals surface area contributed by atoms with Gasteiger partial charge in [-0.1, -0.05) is 12.1 Å². The van der Waals surface area contributed by atoms with Gasteiger partial charge in [0.1, 0.15) is 0 Å². The highest BCUT2D eigenvalue weighted by Gasteiger charge is 2.31. The van der Waals surface area contributed by atoms with Gasteiger partial charge in [-0.05, 0) is 42.8 Å².